The number of fused-ring (bicyclic) bond motifs is 1. The van der Waals surface area contributed by atoms with Gasteiger partial charge in [-0.15, -0.1) is 0 Å². The van der Waals surface area contributed by atoms with Gasteiger partial charge in [0.25, 0.3) is 0 Å². The van der Waals surface area contributed by atoms with E-state index in [2.05, 4.69) is 36.6 Å². The summed E-state index contributed by atoms with van der Waals surface area (Å²) in [5.41, 5.74) is 3.03. The lowest BCUT2D eigenvalue weighted by Crippen LogP contribution is -2.34. The van der Waals surface area contributed by atoms with Crippen LogP contribution in [0.3, 0.4) is 0 Å². The van der Waals surface area contributed by atoms with Gasteiger partial charge < -0.3 is 10.1 Å². The molecule has 1 N–H and O–H groups in total. The molecule has 2 heteroatoms. The van der Waals surface area contributed by atoms with Crippen molar-refractivity contribution >= 4 is 0 Å². The van der Waals surface area contributed by atoms with Gasteiger partial charge in [0, 0.05) is 12.0 Å². The van der Waals surface area contributed by atoms with Gasteiger partial charge >= 0.3 is 0 Å². The maximum absolute atomic E-state index is 6.11. The Hall–Kier alpha value is -0.860. The number of hydrogen-bond acceptors (Lipinski definition) is 2. The van der Waals surface area contributed by atoms with Gasteiger partial charge in [-0.1, -0.05) is 24.3 Å². The minimum Gasteiger partial charge on any atom is -0.378 e. The van der Waals surface area contributed by atoms with Crippen molar-refractivity contribution in [2.45, 2.75) is 50.2 Å². The molecule has 0 amide bonds. The predicted octanol–water partition coefficient (Wildman–Crippen LogP) is 2.87. The van der Waals surface area contributed by atoms with Gasteiger partial charge in [-0.05, 0) is 50.3 Å². The molecule has 1 aromatic carbocycles. The summed E-state index contributed by atoms with van der Waals surface area (Å²) >= 11 is 0. The topological polar surface area (TPSA) is 21.3 Å². The van der Waals surface area contributed by atoms with Crippen LogP contribution in [0.15, 0.2) is 24.3 Å². The summed E-state index contributed by atoms with van der Waals surface area (Å²) in [6.45, 7) is 0.923. The van der Waals surface area contributed by atoms with Crippen LogP contribution in [0.1, 0.15) is 42.7 Å². The van der Waals surface area contributed by atoms with E-state index in [0.717, 1.165) is 6.61 Å². The molecule has 98 valence electrons. The molecule has 0 aliphatic heterocycles. The third kappa shape index (κ3) is 2.45. The number of ether oxygens (including phenoxy) is 1. The fourth-order valence-electron chi connectivity index (χ4n) is 3.28. The molecule has 18 heavy (non-hydrogen) atoms. The number of rotatable bonds is 4. The molecule has 0 spiro atoms. The first kappa shape index (κ1) is 12.2. The van der Waals surface area contributed by atoms with Crippen LogP contribution in [0, 0.1) is 0 Å². The zero-order valence-electron chi connectivity index (χ0n) is 11.2. The molecule has 2 aliphatic rings. The smallest absolute Gasteiger partial charge is 0.0576 e. The van der Waals surface area contributed by atoms with E-state index in [1.807, 2.05) is 0 Å². The van der Waals surface area contributed by atoms with E-state index < -0.39 is 0 Å². The Bertz CT molecular complexity index is 396. The van der Waals surface area contributed by atoms with Gasteiger partial charge in [-0.3, -0.25) is 0 Å². The zero-order valence-corrected chi connectivity index (χ0v) is 11.2. The molecule has 0 saturated heterocycles. The van der Waals surface area contributed by atoms with Crippen LogP contribution in [0.2, 0.25) is 0 Å². The molecule has 0 heterocycles. The minimum atomic E-state index is 0.502. The zero-order chi connectivity index (χ0) is 12.4. The Balaban J connectivity index is 1.44. The van der Waals surface area contributed by atoms with Crippen LogP contribution < -0.4 is 5.32 Å². The van der Waals surface area contributed by atoms with Gasteiger partial charge in [-0.25, -0.2) is 0 Å². The maximum Gasteiger partial charge on any atom is 0.0576 e. The second-order valence-corrected chi connectivity index (χ2v) is 5.70. The molecule has 0 radical (unpaired) electrons. The molecule has 1 aromatic rings. The minimum absolute atomic E-state index is 0.502. The summed E-state index contributed by atoms with van der Waals surface area (Å²) in [5.74, 6) is 0.656. The Morgan fingerprint density at radius 2 is 1.94 bits per heavy atom. The van der Waals surface area contributed by atoms with Crippen LogP contribution in [0.25, 0.3) is 0 Å². The summed E-state index contributed by atoms with van der Waals surface area (Å²) in [4.78, 5) is 0. The lowest BCUT2D eigenvalue weighted by atomic mass is 9.78. The Kier molecular flexibility index (Phi) is 3.67. The van der Waals surface area contributed by atoms with Crippen LogP contribution in [-0.2, 0) is 11.2 Å². The molecule has 1 unspecified atom stereocenters. The standard InChI is InChI=1S/C16H23NO/c1-17-14-6-8-15(9-7-14)18-11-13-10-12-4-2-3-5-16(12)13/h2-5,13-15,17H,6-11H2,1H3. The monoisotopic (exact) mass is 245 g/mol. The lowest BCUT2D eigenvalue weighted by Gasteiger charge is -2.33. The van der Waals surface area contributed by atoms with Crippen molar-refractivity contribution in [2.75, 3.05) is 13.7 Å². The van der Waals surface area contributed by atoms with E-state index in [4.69, 9.17) is 4.74 Å². The third-order valence-corrected chi connectivity index (χ3v) is 4.58. The van der Waals surface area contributed by atoms with Crippen molar-refractivity contribution in [3.05, 3.63) is 35.4 Å². The van der Waals surface area contributed by atoms with Gasteiger partial charge in [0.05, 0.1) is 12.7 Å². The number of benzene rings is 1. The average molecular weight is 245 g/mol. The van der Waals surface area contributed by atoms with Crippen molar-refractivity contribution in [3.63, 3.8) is 0 Å². The summed E-state index contributed by atoms with van der Waals surface area (Å²) in [6.07, 6.45) is 6.69. The molecule has 2 aliphatic carbocycles. The van der Waals surface area contributed by atoms with E-state index >= 15 is 0 Å². The number of nitrogens with one attached hydrogen (secondary N) is 1. The van der Waals surface area contributed by atoms with Crippen LogP contribution in [0.5, 0.6) is 0 Å². The second-order valence-electron chi connectivity index (χ2n) is 5.70. The first-order valence-electron chi connectivity index (χ1n) is 7.23. The van der Waals surface area contributed by atoms with E-state index in [-0.39, 0.29) is 0 Å². The van der Waals surface area contributed by atoms with E-state index in [1.165, 1.54) is 43.2 Å². The van der Waals surface area contributed by atoms with Gasteiger partial charge in [0.15, 0.2) is 0 Å². The van der Waals surface area contributed by atoms with E-state index in [0.29, 0.717) is 18.1 Å². The van der Waals surface area contributed by atoms with E-state index in [1.54, 1.807) is 0 Å². The van der Waals surface area contributed by atoms with Crippen LogP contribution in [0.4, 0.5) is 0 Å². The highest BCUT2D eigenvalue weighted by molar-refractivity contribution is 5.39. The van der Waals surface area contributed by atoms with E-state index in [9.17, 15) is 0 Å². The summed E-state index contributed by atoms with van der Waals surface area (Å²) in [7, 11) is 2.07. The highest BCUT2D eigenvalue weighted by Crippen LogP contribution is 2.35. The molecule has 3 rings (SSSR count). The van der Waals surface area contributed by atoms with Crippen LogP contribution in [-0.4, -0.2) is 25.8 Å². The van der Waals surface area contributed by atoms with Crippen molar-refractivity contribution in [3.8, 4) is 0 Å². The fourth-order valence-corrected chi connectivity index (χ4v) is 3.28. The van der Waals surface area contributed by atoms with Crippen LogP contribution >= 0.6 is 0 Å². The first-order valence-corrected chi connectivity index (χ1v) is 7.23. The van der Waals surface area contributed by atoms with Gasteiger partial charge in [-0.2, -0.15) is 0 Å². The van der Waals surface area contributed by atoms with Gasteiger partial charge in [0.2, 0.25) is 0 Å². The molecule has 2 nitrogen and oxygen atoms in total. The summed E-state index contributed by atoms with van der Waals surface area (Å²) in [6, 6.07) is 9.49. The fraction of sp³-hybridized carbons (Fsp3) is 0.625. The normalized spacial score (nSPS) is 30.6. The summed E-state index contributed by atoms with van der Waals surface area (Å²) in [5, 5.41) is 3.37. The summed E-state index contributed by atoms with van der Waals surface area (Å²) < 4.78 is 6.11. The second kappa shape index (κ2) is 5.41. The highest BCUT2D eigenvalue weighted by Gasteiger charge is 2.27. The van der Waals surface area contributed by atoms with Gasteiger partial charge in [0.1, 0.15) is 0 Å². The SMILES string of the molecule is CNC1CCC(OCC2Cc3ccccc32)CC1. The van der Waals surface area contributed by atoms with Crippen molar-refractivity contribution in [1.29, 1.82) is 0 Å². The molecule has 1 atom stereocenters. The predicted molar refractivity (Wildman–Crippen MR) is 73.9 cm³/mol. The Morgan fingerprint density at radius 3 is 2.67 bits per heavy atom. The molecule has 1 fully saturated rings. The molecular formula is C16H23NO. The molecular weight excluding hydrogens is 222 g/mol. The Labute approximate surface area is 110 Å². The molecule has 0 aromatic heterocycles. The van der Waals surface area contributed by atoms with Crippen molar-refractivity contribution in [1.82, 2.24) is 5.32 Å². The quantitative estimate of drug-likeness (QED) is 0.880. The Morgan fingerprint density at radius 1 is 1.17 bits per heavy atom. The van der Waals surface area contributed by atoms with Crippen molar-refractivity contribution < 1.29 is 4.74 Å². The molecule has 1 saturated carbocycles. The number of hydrogen-bond donors (Lipinski definition) is 1. The maximum atomic E-state index is 6.11. The average Bonchev–Trinajstić information content (AvgIpc) is 2.40. The third-order valence-electron chi connectivity index (χ3n) is 4.58. The first-order chi connectivity index (χ1) is 8.86. The molecule has 0 bridgehead atoms. The highest BCUT2D eigenvalue weighted by atomic mass is 16.5. The van der Waals surface area contributed by atoms with Crippen molar-refractivity contribution in [2.24, 2.45) is 0 Å². The largest absolute Gasteiger partial charge is 0.378 e. The lowest BCUT2D eigenvalue weighted by molar-refractivity contribution is 0.0123.